The summed E-state index contributed by atoms with van der Waals surface area (Å²) in [5.74, 6) is -0.310. The van der Waals surface area contributed by atoms with E-state index in [-0.39, 0.29) is 18.9 Å². The molecule has 3 saturated heterocycles. The van der Waals surface area contributed by atoms with E-state index in [2.05, 4.69) is 12.2 Å². The first kappa shape index (κ1) is 65.8. The highest BCUT2D eigenvalue weighted by atomic mass is 16.8. The minimum atomic E-state index is -1.97. The lowest BCUT2D eigenvalue weighted by atomic mass is 9.96. The topological polar surface area (TPSA) is 307 Å². The van der Waals surface area contributed by atoms with Crippen LogP contribution in [0.1, 0.15) is 194 Å². The number of carbonyl (C=O) groups excluding carboxylic acids is 1. The number of unbranched alkanes of at least 4 members (excludes halogenated alkanes) is 25. The van der Waals surface area contributed by atoms with Gasteiger partial charge in [0.1, 0.15) is 73.2 Å². The maximum Gasteiger partial charge on any atom is 0.220 e. The number of rotatable bonds is 41. The molecule has 3 aliphatic rings. The molecule has 12 N–H and O–H groups in total. The van der Waals surface area contributed by atoms with Gasteiger partial charge in [-0.05, 0) is 19.3 Å². The van der Waals surface area contributed by atoms with E-state index in [0.717, 1.165) is 32.1 Å². The Morgan fingerprint density at radius 3 is 1.27 bits per heavy atom. The van der Waals surface area contributed by atoms with Gasteiger partial charge in [0.15, 0.2) is 18.9 Å². The van der Waals surface area contributed by atoms with Crippen molar-refractivity contribution in [1.82, 2.24) is 5.32 Å². The molecule has 3 heterocycles. The number of nitrogens with one attached hydrogen (secondary N) is 1. The molecular weight excluding hydrogens is 951 g/mol. The van der Waals surface area contributed by atoms with Gasteiger partial charge in [-0.1, -0.05) is 180 Å². The third-order valence-corrected chi connectivity index (χ3v) is 14.6. The molecular formula is C54H101NO18. The molecule has 0 spiro atoms. The van der Waals surface area contributed by atoms with Crippen molar-refractivity contribution >= 4 is 5.91 Å². The molecule has 3 rings (SSSR count). The summed E-state index contributed by atoms with van der Waals surface area (Å²) in [6, 6.07) is -0.963. The van der Waals surface area contributed by atoms with Crippen LogP contribution in [0, 0.1) is 0 Å². The molecule has 0 aromatic rings. The summed E-state index contributed by atoms with van der Waals surface area (Å²) in [6.45, 7) is 1.45. The molecule has 0 saturated carbocycles. The molecule has 3 aliphatic heterocycles. The fraction of sp³-hybridized carbons (Fsp3) is 0.944. The van der Waals surface area contributed by atoms with Crippen molar-refractivity contribution < 1.29 is 89.4 Å². The molecule has 73 heavy (non-hydrogen) atoms. The fourth-order valence-corrected chi connectivity index (χ4v) is 9.82. The highest BCUT2D eigenvalue weighted by molar-refractivity contribution is 5.76. The molecule has 17 unspecified atom stereocenters. The van der Waals surface area contributed by atoms with Gasteiger partial charge in [-0.15, -0.1) is 0 Å². The Hall–Kier alpha value is -1.47. The van der Waals surface area contributed by atoms with E-state index in [1.54, 1.807) is 6.08 Å². The summed E-state index contributed by atoms with van der Waals surface area (Å²) in [5, 5.41) is 119. The van der Waals surface area contributed by atoms with Crippen LogP contribution in [-0.2, 0) is 33.2 Å². The fourth-order valence-electron chi connectivity index (χ4n) is 9.82. The third kappa shape index (κ3) is 24.0. The van der Waals surface area contributed by atoms with E-state index in [1.807, 2.05) is 13.0 Å². The van der Waals surface area contributed by atoms with Crippen molar-refractivity contribution in [3.05, 3.63) is 12.2 Å². The number of aliphatic hydroxyl groups is 11. The van der Waals surface area contributed by atoms with Gasteiger partial charge in [-0.3, -0.25) is 4.79 Å². The van der Waals surface area contributed by atoms with Crippen LogP contribution in [0.3, 0.4) is 0 Å². The van der Waals surface area contributed by atoms with E-state index >= 15 is 0 Å². The summed E-state index contributed by atoms with van der Waals surface area (Å²) < 4.78 is 33.9. The second-order valence-corrected chi connectivity index (χ2v) is 20.8. The van der Waals surface area contributed by atoms with Crippen LogP contribution >= 0.6 is 0 Å². The molecule has 0 aromatic carbocycles. The first-order chi connectivity index (χ1) is 35.3. The second-order valence-electron chi connectivity index (χ2n) is 20.8. The number of ether oxygens (including phenoxy) is 6. The summed E-state index contributed by atoms with van der Waals surface area (Å²) in [6.07, 6.45) is 11.0. The zero-order valence-corrected chi connectivity index (χ0v) is 44.4. The van der Waals surface area contributed by atoms with Crippen LogP contribution in [0.4, 0.5) is 0 Å². The SMILES string of the molecule is CCCCCCCCCCCCCCCCCCCCCCCCCC/C=C/C(O)C(COC1OC(CO)C(OC2OC(CO)C(OC3OC(CO)C(O)C(O)C3O)C(O)C2O)C(O)C1O)NC(=O)CCCC. The van der Waals surface area contributed by atoms with Crippen LogP contribution < -0.4 is 5.32 Å². The Kier molecular flexibility index (Phi) is 35.1. The maximum atomic E-state index is 12.8. The minimum Gasteiger partial charge on any atom is -0.394 e. The lowest BCUT2D eigenvalue weighted by Crippen LogP contribution is -2.66. The van der Waals surface area contributed by atoms with Crippen LogP contribution in [0.15, 0.2) is 12.2 Å². The molecule has 19 heteroatoms. The highest BCUT2D eigenvalue weighted by Gasteiger charge is 2.53. The number of carbonyl (C=O) groups is 1. The smallest absolute Gasteiger partial charge is 0.220 e. The molecule has 0 bridgehead atoms. The van der Waals surface area contributed by atoms with E-state index in [0.29, 0.717) is 6.42 Å². The quantitative estimate of drug-likeness (QED) is 0.0306. The second kappa shape index (κ2) is 39.0. The van der Waals surface area contributed by atoms with Gasteiger partial charge in [-0.2, -0.15) is 0 Å². The van der Waals surface area contributed by atoms with Crippen molar-refractivity contribution in [1.29, 1.82) is 0 Å². The van der Waals surface area contributed by atoms with E-state index in [1.165, 1.54) is 135 Å². The predicted octanol–water partition coefficient (Wildman–Crippen LogP) is 3.82. The van der Waals surface area contributed by atoms with Crippen LogP contribution in [-0.4, -0.2) is 193 Å². The molecule has 0 radical (unpaired) electrons. The van der Waals surface area contributed by atoms with Crippen molar-refractivity contribution in [2.75, 3.05) is 26.4 Å². The van der Waals surface area contributed by atoms with Crippen molar-refractivity contribution in [2.24, 2.45) is 0 Å². The molecule has 1 amide bonds. The molecule has 0 aromatic heterocycles. The Morgan fingerprint density at radius 2 is 0.849 bits per heavy atom. The van der Waals surface area contributed by atoms with E-state index < -0.39 is 124 Å². The molecule has 3 fully saturated rings. The van der Waals surface area contributed by atoms with E-state index in [4.69, 9.17) is 28.4 Å². The number of hydrogen-bond donors (Lipinski definition) is 12. The van der Waals surface area contributed by atoms with Crippen LogP contribution in [0.25, 0.3) is 0 Å². The Bertz CT molecular complexity index is 1400. The van der Waals surface area contributed by atoms with Crippen molar-refractivity contribution in [2.45, 2.75) is 298 Å². The maximum absolute atomic E-state index is 12.8. The molecule has 19 nitrogen and oxygen atoms in total. The first-order valence-electron chi connectivity index (χ1n) is 28.4. The van der Waals surface area contributed by atoms with Gasteiger partial charge in [0.2, 0.25) is 5.91 Å². The standard InChI is InChI=1S/C54H101NO18/c1-3-5-7-8-9-10-11-12-13-14-15-16-17-18-19-20-21-22-23-24-25-26-27-28-29-30-31-38(59)37(55-42(60)32-6-4-2)36-68-52-48(66)45(63)50(40(34-57)70-52)73-54-49(67)46(64)51(41(35-58)71-54)72-53-47(65)44(62)43(61)39(33-56)69-53/h30-31,37-41,43-54,56-59,61-67H,3-29,32-36H2,1-2H3,(H,55,60)/b31-30+. The Labute approximate surface area is 436 Å². The van der Waals surface area contributed by atoms with Gasteiger partial charge in [0.25, 0.3) is 0 Å². The first-order valence-corrected chi connectivity index (χ1v) is 28.4. The lowest BCUT2D eigenvalue weighted by Gasteiger charge is -2.48. The zero-order chi connectivity index (χ0) is 53.4. The average molecular weight is 1050 g/mol. The Morgan fingerprint density at radius 1 is 0.479 bits per heavy atom. The normalized spacial score (nSPS) is 31.8. The summed E-state index contributed by atoms with van der Waals surface area (Å²) in [4.78, 5) is 12.8. The monoisotopic (exact) mass is 1050 g/mol. The van der Waals surface area contributed by atoms with E-state index in [9.17, 15) is 61.0 Å². The van der Waals surface area contributed by atoms with Crippen LogP contribution in [0.5, 0.6) is 0 Å². The number of allylic oxidation sites excluding steroid dienone is 1. The number of hydrogen-bond acceptors (Lipinski definition) is 18. The highest BCUT2D eigenvalue weighted by Crippen LogP contribution is 2.33. The van der Waals surface area contributed by atoms with Gasteiger partial charge in [0.05, 0.1) is 38.6 Å². The van der Waals surface area contributed by atoms with Crippen molar-refractivity contribution in [3.63, 3.8) is 0 Å². The summed E-state index contributed by atoms with van der Waals surface area (Å²) in [5.41, 5.74) is 0. The zero-order valence-electron chi connectivity index (χ0n) is 44.4. The van der Waals surface area contributed by atoms with Gasteiger partial charge >= 0.3 is 0 Å². The van der Waals surface area contributed by atoms with Gasteiger partial charge < -0.3 is 89.9 Å². The minimum absolute atomic E-state index is 0.220. The largest absolute Gasteiger partial charge is 0.394 e. The summed E-state index contributed by atoms with van der Waals surface area (Å²) >= 11 is 0. The average Bonchev–Trinajstić information content (AvgIpc) is 3.39. The molecule has 17 atom stereocenters. The Balaban J connectivity index is 1.35. The lowest BCUT2D eigenvalue weighted by molar-refractivity contribution is -0.379. The molecule has 0 aliphatic carbocycles. The van der Waals surface area contributed by atoms with Crippen LogP contribution in [0.2, 0.25) is 0 Å². The van der Waals surface area contributed by atoms with Crippen molar-refractivity contribution in [3.8, 4) is 0 Å². The third-order valence-electron chi connectivity index (χ3n) is 14.6. The predicted molar refractivity (Wildman–Crippen MR) is 273 cm³/mol. The van der Waals surface area contributed by atoms with Gasteiger partial charge in [-0.25, -0.2) is 0 Å². The number of aliphatic hydroxyl groups excluding tert-OH is 11. The number of amides is 1. The van der Waals surface area contributed by atoms with Gasteiger partial charge in [0, 0.05) is 6.42 Å². The molecule has 430 valence electrons. The summed E-state index contributed by atoms with van der Waals surface area (Å²) in [7, 11) is 0.